The van der Waals surface area contributed by atoms with E-state index in [9.17, 15) is 9.59 Å². The third-order valence-electron chi connectivity index (χ3n) is 5.99. The molecule has 1 fully saturated rings. The number of carbonyl (C=O) groups is 2. The van der Waals surface area contributed by atoms with E-state index in [4.69, 9.17) is 14.2 Å². The van der Waals surface area contributed by atoms with Gasteiger partial charge in [-0.05, 0) is 43.5 Å². The van der Waals surface area contributed by atoms with Gasteiger partial charge in [-0.1, -0.05) is 0 Å². The zero-order valence-corrected chi connectivity index (χ0v) is 18.3. The first-order valence-corrected chi connectivity index (χ1v) is 10.2. The van der Waals surface area contributed by atoms with Gasteiger partial charge in [0.2, 0.25) is 5.91 Å². The third kappa shape index (κ3) is 4.69. The molecule has 0 saturated carbocycles. The predicted molar refractivity (Wildman–Crippen MR) is 111 cm³/mol. The van der Waals surface area contributed by atoms with E-state index in [2.05, 4.69) is 16.2 Å². The lowest BCUT2D eigenvalue weighted by Crippen LogP contribution is -2.51. The fourth-order valence-electron chi connectivity index (χ4n) is 4.29. The molecule has 2 aliphatic heterocycles. The van der Waals surface area contributed by atoms with Crippen LogP contribution in [-0.2, 0) is 20.7 Å². The number of benzene rings is 1. The van der Waals surface area contributed by atoms with E-state index in [1.807, 2.05) is 30.9 Å². The van der Waals surface area contributed by atoms with Crippen molar-refractivity contribution in [2.45, 2.75) is 50.9 Å². The van der Waals surface area contributed by atoms with Crippen molar-refractivity contribution in [2.75, 3.05) is 34.4 Å². The van der Waals surface area contributed by atoms with Crippen LogP contribution in [0, 0.1) is 0 Å². The highest BCUT2D eigenvalue weighted by Crippen LogP contribution is 2.39. The van der Waals surface area contributed by atoms with Gasteiger partial charge in [0.15, 0.2) is 11.5 Å². The molecule has 2 aliphatic rings. The molecule has 3 rings (SSSR count). The molecule has 0 aromatic heterocycles. The van der Waals surface area contributed by atoms with E-state index >= 15 is 0 Å². The Hall–Kier alpha value is -2.36. The molecule has 0 radical (unpaired) electrons. The SMILES string of the molecule is COC(=O)CC1c2cc(OC)c(OC)cc2CCN1CC(=O)NC1C(C)NNC1C. The van der Waals surface area contributed by atoms with Crippen molar-refractivity contribution in [1.82, 2.24) is 21.1 Å². The number of hydrogen-bond acceptors (Lipinski definition) is 8. The van der Waals surface area contributed by atoms with E-state index in [1.54, 1.807) is 14.2 Å². The molecule has 30 heavy (non-hydrogen) atoms. The first kappa shape index (κ1) is 22.3. The summed E-state index contributed by atoms with van der Waals surface area (Å²) in [4.78, 5) is 27.0. The van der Waals surface area contributed by atoms with Crippen molar-refractivity contribution < 1.29 is 23.8 Å². The Kier molecular flexibility index (Phi) is 7.17. The monoisotopic (exact) mass is 420 g/mol. The highest BCUT2D eigenvalue weighted by Gasteiger charge is 2.35. The fourth-order valence-corrected chi connectivity index (χ4v) is 4.29. The second-order valence-corrected chi connectivity index (χ2v) is 7.88. The third-order valence-corrected chi connectivity index (χ3v) is 5.99. The van der Waals surface area contributed by atoms with Crippen LogP contribution in [0.25, 0.3) is 0 Å². The van der Waals surface area contributed by atoms with Gasteiger partial charge in [0, 0.05) is 24.7 Å². The molecule has 1 aromatic carbocycles. The normalized spacial score (nSPS) is 26.0. The summed E-state index contributed by atoms with van der Waals surface area (Å²) >= 11 is 0. The molecular weight excluding hydrogens is 388 g/mol. The van der Waals surface area contributed by atoms with Crippen molar-refractivity contribution in [3.05, 3.63) is 23.3 Å². The number of hydrogen-bond donors (Lipinski definition) is 3. The summed E-state index contributed by atoms with van der Waals surface area (Å²) in [7, 11) is 4.56. The maximum absolute atomic E-state index is 12.8. The van der Waals surface area contributed by atoms with Crippen LogP contribution in [0.1, 0.15) is 37.4 Å². The van der Waals surface area contributed by atoms with E-state index in [0.29, 0.717) is 18.0 Å². The quantitative estimate of drug-likeness (QED) is 0.550. The lowest BCUT2D eigenvalue weighted by molar-refractivity contribution is -0.142. The van der Waals surface area contributed by atoms with Gasteiger partial charge in [-0.15, -0.1) is 0 Å². The van der Waals surface area contributed by atoms with Gasteiger partial charge >= 0.3 is 5.97 Å². The van der Waals surface area contributed by atoms with Crippen molar-refractivity contribution in [3.8, 4) is 11.5 Å². The summed E-state index contributed by atoms with van der Waals surface area (Å²) < 4.78 is 15.8. The highest BCUT2D eigenvalue weighted by atomic mass is 16.5. The number of hydrazine groups is 1. The molecule has 1 amide bonds. The first-order chi connectivity index (χ1) is 14.4. The first-order valence-electron chi connectivity index (χ1n) is 10.2. The topological polar surface area (TPSA) is 101 Å². The van der Waals surface area contributed by atoms with Crippen molar-refractivity contribution in [2.24, 2.45) is 0 Å². The molecule has 166 valence electrons. The summed E-state index contributed by atoms with van der Waals surface area (Å²) in [5.74, 6) is 0.870. The van der Waals surface area contributed by atoms with E-state index < -0.39 is 0 Å². The molecule has 3 atom stereocenters. The van der Waals surface area contributed by atoms with Crippen LogP contribution in [0.15, 0.2) is 12.1 Å². The van der Waals surface area contributed by atoms with Gasteiger partial charge in [-0.3, -0.25) is 25.3 Å². The van der Waals surface area contributed by atoms with E-state index in [-0.39, 0.29) is 49.0 Å². The Morgan fingerprint density at radius 1 is 1.10 bits per heavy atom. The molecule has 3 unspecified atom stereocenters. The van der Waals surface area contributed by atoms with Crippen molar-refractivity contribution in [3.63, 3.8) is 0 Å². The van der Waals surface area contributed by atoms with E-state index in [1.165, 1.54) is 7.11 Å². The predicted octanol–water partition coefficient (Wildman–Crippen LogP) is 0.536. The number of methoxy groups -OCH3 is 3. The van der Waals surface area contributed by atoms with Gasteiger partial charge in [-0.2, -0.15) is 0 Å². The Morgan fingerprint density at radius 2 is 1.73 bits per heavy atom. The van der Waals surface area contributed by atoms with Gasteiger partial charge < -0.3 is 19.5 Å². The Labute approximate surface area is 177 Å². The van der Waals surface area contributed by atoms with Gasteiger partial charge in [0.25, 0.3) is 0 Å². The summed E-state index contributed by atoms with van der Waals surface area (Å²) in [6, 6.07) is 3.84. The average molecular weight is 421 g/mol. The molecule has 9 nitrogen and oxygen atoms in total. The van der Waals surface area contributed by atoms with Crippen molar-refractivity contribution >= 4 is 11.9 Å². The molecule has 1 aromatic rings. The maximum Gasteiger partial charge on any atom is 0.307 e. The van der Waals surface area contributed by atoms with Gasteiger partial charge in [0.1, 0.15) is 0 Å². The number of nitrogens with zero attached hydrogens (tertiary/aromatic N) is 1. The molecule has 2 heterocycles. The lowest BCUT2D eigenvalue weighted by Gasteiger charge is -2.37. The Bertz CT molecular complexity index is 777. The Balaban J connectivity index is 1.82. The summed E-state index contributed by atoms with van der Waals surface area (Å²) in [6.07, 6.45) is 0.908. The summed E-state index contributed by atoms with van der Waals surface area (Å²) in [5.41, 5.74) is 8.33. The van der Waals surface area contributed by atoms with E-state index in [0.717, 1.165) is 17.5 Å². The number of rotatable bonds is 7. The number of amides is 1. The van der Waals surface area contributed by atoms with Crippen LogP contribution in [0.3, 0.4) is 0 Å². The minimum atomic E-state index is -0.320. The van der Waals surface area contributed by atoms with Gasteiger partial charge in [-0.25, -0.2) is 0 Å². The Morgan fingerprint density at radius 3 is 2.33 bits per heavy atom. The molecule has 3 N–H and O–H groups in total. The second-order valence-electron chi connectivity index (χ2n) is 7.88. The number of carbonyl (C=O) groups excluding carboxylic acids is 2. The maximum atomic E-state index is 12.8. The number of esters is 1. The van der Waals surface area contributed by atoms with Crippen LogP contribution in [0.2, 0.25) is 0 Å². The molecule has 9 heteroatoms. The zero-order chi connectivity index (χ0) is 21.8. The van der Waals surface area contributed by atoms with Crippen LogP contribution >= 0.6 is 0 Å². The molecule has 0 spiro atoms. The summed E-state index contributed by atoms with van der Waals surface area (Å²) in [6.45, 7) is 4.91. The van der Waals surface area contributed by atoms with Crippen LogP contribution in [0.4, 0.5) is 0 Å². The van der Waals surface area contributed by atoms with Crippen molar-refractivity contribution in [1.29, 1.82) is 0 Å². The lowest BCUT2D eigenvalue weighted by atomic mass is 9.90. The standard InChI is InChI=1S/C21H32N4O5/c1-12-21(13(2)24-23-12)22-19(26)11-25-7-6-14-8-17(28-3)18(29-4)9-15(14)16(25)10-20(27)30-5/h8-9,12-13,16,21,23-24H,6-7,10-11H2,1-5H3,(H,22,26). The van der Waals surface area contributed by atoms with Gasteiger partial charge in [0.05, 0.1) is 40.3 Å². The van der Waals surface area contributed by atoms with Crippen LogP contribution in [0.5, 0.6) is 11.5 Å². The number of ether oxygens (including phenoxy) is 3. The minimum Gasteiger partial charge on any atom is -0.493 e. The second kappa shape index (κ2) is 9.63. The zero-order valence-electron chi connectivity index (χ0n) is 18.3. The minimum absolute atomic E-state index is 0.00186. The number of nitrogens with one attached hydrogen (secondary N) is 3. The summed E-state index contributed by atoms with van der Waals surface area (Å²) in [5, 5.41) is 3.11. The average Bonchev–Trinajstić information content (AvgIpc) is 3.06. The van der Waals surface area contributed by atoms with Crippen LogP contribution < -0.4 is 25.6 Å². The molecule has 0 bridgehead atoms. The van der Waals surface area contributed by atoms with Crippen LogP contribution in [-0.4, -0.2) is 69.3 Å². The number of fused-ring (bicyclic) bond motifs is 1. The highest BCUT2D eigenvalue weighted by molar-refractivity contribution is 5.79. The largest absolute Gasteiger partial charge is 0.493 e. The fraction of sp³-hybridized carbons (Fsp3) is 0.619. The molecule has 1 saturated heterocycles. The smallest absolute Gasteiger partial charge is 0.307 e. The molecular formula is C21H32N4O5. The molecule has 0 aliphatic carbocycles.